The number of nitrogens with two attached hydrogens (primary N) is 1. The van der Waals surface area contributed by atoms with Gasteiger partial charge in [0.15, 0.2) is 5.52 Å². The lowest BCUT2D eigenvalue weighted by molar-refractivity contribution is -0.346. The molecule has 0 spiro atoms. The number of nitrogens with one attached hydrogen (secondary N) is 4. The lowest BCUT2D eigenvalue weighted by Crippen LogP contribution is -2.28. The number of aromatic amines is 2. The molecule has 10 heteroatoms. The molecule has 0 saturated heterocycles. The minimum Gasteiger partial charge on any atom is -0.370 e. The minimum absolute atomic E-state index is 0.144. The van der Waals surface area contributed by atoms with Gasteiger partial charge in [-0.15, -0.1) is 11.3 Å². The summed E-state index contributed by atoms with van der Waals surface area (Å²) in [4.78, 5) is 31.2. The Bertz CT molecular complexity index is 1150. The Morgan fingerprint density at radius 2 is 2.25 bits per heavy atom. The molecule has 0 radical (unpaired) electrons. The molecular weight excluding hydrogens is 376 g/mol. The van der Waals surface area contributed by atoms with Gasteiger partial charge in [-0.3, -0.25) is 10.1 Å². The van der Waals surface area contributed by atoms with E-state index in [2.05, 4.69) is 35.6 Å². The number of primary amides is 1. The van der Waals surface area contributed by atoms with Gasteiger partial charge in [-0.2, -0.15) is 0 Å². The van der Waals surface area contributed by atoms with Gasteiger partial charge in [-0.1, -0.05) is 11.9 Å². The lowest BCUT2D eigenvalue weighted by Gasteiger charge is -2.10. The fourth-order valence-electron chi connectivity index (χ4n) is 2.99. The quantitative estimate of drug-likeness (QED) is 0.378. The number of H-pyrrole nitrogens is 2. The highest BCUT2D eigenvalue weighted by molar-refractivity contribution is 7.16. The summed E-state index contributed by atoms with van der Waals surface area (Å²) in [5.74, 6) is 1.72. The maximum absolute atomic E-state index is 11.2. The maximum Gasteiger partial charge on any atom is 0.351 e. The van der Waals surface area contributed by atoms with Crippen LogP contribution in [0.25, 0.3) is 21.4 Å². The fraction of sp³-hybridized carbons (Fsp3) is 0.278. The second-order valence-corrected chi connectivity index (χ2v) is 7.46. The maximum atomic E-state index is 11.2. The molecule has 4 aromatic rings. The molecule has 6 N–H and O–H groups in total. The number of carbonyl (C=O) groups is 1. The van der Waals surface area contributed by atoms with Crippen LogP contribution in [0.5, 0.6) is 0 Å². The Balaban J connectivity index is 1.69. The van der Waals surface area contributed by atoms with Gasteiger partial charge in [-0.05, 0) is 25.1 Å². The summed E-state index contributed by atoms with van der Waals surface area (Å²) in [5, 5.41) is 6.58. The zero-order valence-electron chi connectivity index (χ0n) is 15.5. The second kappa shape index (κ2) is 7.39. The topological polar surface area (TPSA) is 136 Å². The first-order chi connectivity index (χ1) is 13.5. The van der Waals surface area contributed by atoms with Crippen molar-refractivity contribution in [2.24, 2.45) is 5.73 Å². The van der Waals surface area contributed by atoms with E-state index in [1.54, 1.807) is 11.3 Å². The van der Waals surface area contributed by atoms with Crippen molar-refractivity contribution in [1.82, 2.24) is 19.9 Å². The molecule has 0 aliphatic rings. The van der Waals surface area contributed by atoms with E-state index in [0.29, 0.717) is 17.4 Å². The van der Waals surface area contributed by atoms with Gasteiger partial charge < -0.3 is 16.0 Å². The first kappa shape index (κ1) is 18.1. The average Bonchev–Trinajstić information content (AvgIpc) is 3.26. The number of hydrogen-bond donors (Lipinski definition) is 4. The number of amides is 1. The lowest BCUT2D eigenvalue weighted by atomic mass is 10.2. The molecule has 1 atom stereocenters. The summed E-state index contributed by atoms with van der Waals surface area (Å²) >= 11 is 1.58. The number of anilines is 3. The number of benzene rings is 1. The average molecular weight is 397 g/mol. The fourth-order valence-corrected chi connectivity index (χ4v) is 3.70. The summed E-state index contributed by atoms with van der Waals surface area (Å²) in [6.07, 6.45) is 0.981. The molecule has 1 aromatic carbocycles. The van der Waals surface area contributed by atoms with Crippen molar-refractivity contribution in [1.29, 1.82) is 0 Å². The standard InChI is InChI=1S/C18H20N8OS/c1-3-14-23-15-16(21-9(2)6-13(19)27)25-18(26-17(15)24-14)22-10-4-5-11-12(7-10)28-8-20-11/h4-5,7-9H,3,6H2,1-2H3,(H2,19,27)(H3,21,22,23,24,25,26)/p+1. The molecule has 3 heterocycles. The number of hydrogen-bond acceptors (Lipinski definition) is 7. The van der Waals surface area contributed by atoms with E-state index < -0.39 is 0 Å². The van der Waals surface area contributed by atoms with Crippen LogP contribution >= 0.6 is 11.3 Å². The summed E-state index contributed by atoms with van der Waals surface area (Å²) in [7, 11) is 0. The predicted molar refractivity (Wildman–Crippen MR) is 110 cm³/mol. The monoisotopic (exact) mass is 397 g/mol. The van der Waals surface area contributed by atoms with Gasteiger partial charge in [0.1, 0.15) is 5.82 Å². The molecule has 1 amide bonds. The van der Waals surface area contributed by atoms with Crippen LogP contribution in [0.15, 0.2) is 23.7 Å². The first-order valence-electron chi connectivity index (χ1n) is 8.99. The molecule has 0 fully saturated rings. The second-order valence-electron chi connectivity index (χ2n) is 6.57. The third-order valence-corrected chi connectivity index (χ3v) is 5.06. The van der Waals surface area contributed by atoms with Crippen LogP contribution in [0.4, 0.5) is 17.5 Å². The van der Waals surface area contributed by atoms with Crippen LogP contribution in [0, 0.1) is 0 Å². The molecule has 3 aromatic heterocycles. The van der Waals surface area contributed by atoms with Crippen molar-refractivity contribution in [2.75, 3.05) is 10.6 Å². The van der Waals surface area contributed by atoms with Crippen molar-refractivity contribution in [3.05, 3.63) is 29.5 Å². The number of rotatable bonds is 7. The molecule has 1 unspecified atom stereocenters. The number of imidazole rings is 1. The van der Waals surface area contributed by atoms with Gasteiger partial charge in [-0.25, -0.2) is 15.0 Å². The van der Waals surface area contributed by atoms with Gasteiger partial charge in [0.25, 0.3) is 0 Å². The Kier molecular flexibility index (Phi) is 4.78. The number of aryl methyl sites for hydroxylation is 1. The Labute approximate surface area is 164 Å². The zero-order valence-corrected chi connectivity index (χ0v) is 16.4. The van der Waals surface area contributed by atoms with E-state index in [0.717, 1.165) is 33.7 Å². The smallest absolute Gasteiger partial charge is 0.351 e. The van der Waals surface area contributed by atoms with Gasteiger partial charge in [0.05, 0.1) is 33.9 Å². The zero-order chi connectivity index (χ0) is 19.7. The molecule has 0 saturated carbocycles. The van der Waals surface area contributed by atoms with Crippen LogP contribution in [0.2, 0.25) is 0 Å². The molecule has 28 heavy (non-hydrogen) atoms. The predicted octanol–water partition coefficient (Wildman–Crippen LogP) is 2.36. The number of nitrogens with zero attached hydrogens (tertiary/aromatic N) is 3. The number of fused-ring (bicyclic) bond motifs is 2. The van der Waals surface area contributed by atoms with Gasteiger partial charge >= 0.3 is 5.95 Å². The third kappa shape index (κ3) is 3.72. The number of carbonyl (C=O) groups excluding carboxylic acids is 1. The van der Waals surface area contributed by atoms with Gasteiger partial charge in [0, 0.05) is 6.42 Å². The van der Waals surface area contributed by atoms with Crippen LogP contribution < -0.4 is 21.4 Å². The van der Waals surface area contributed by atoms with E-state index in [1.165, 1.54) is 0 Å². The van der Waals surface area contributed by atoms with Crippen molar-refractivity contribution in [2.45, 2.75) is 32.7 Å². The van der Waals surface area contributed by atoms with Gasteiger partial charge in [0.2, 0.25) is 17.4 Å². The summed E-state index contributed by atoms with van der Waals surface area (Å²) in [6, 6.07) is 5.79. The minimum atomic E-state index is -0.361. The Hall–Kier alpha value is -3.27. The van der Waals surface area contributed by atoms with Crippen molar-refractivity contribution in [3.8, 4) is 0 Å². The SMILES string of the molecule is CCc1nc2nc(Nc3ccc4ncsc4c3)[nH+]c(NC(C)CC(N)=O)c2[nH]1. The Morgan fingerprint density at radius 3 is 3.04 bits per heavy atom. The van der Waals surface area contributed by atoms with E-state index in [1.807, 2.05) is 37.6 Å². The highest BCUT2D eigenvalue weighted by Crippen LogP contribution is 2.24. The molecule has 0 bridgehead atoms. The molecule has 0 aliphatic heterocycles. The van der Waals surface area contributed by atoms with Crippen molar-refractivity contribution < 1.29 is 9.78 Å². The molecule has 9 nitrogen and oxygen atoms in total. The summed E-state index contributed by atoms with van der Waals surface area (Å²) in [6.45, 7) is 3.92. The number of thiazole rings is 1. The highest BCUT2D eigenvalue weighted by atomic mass is 32.1. The van der Waals surface area contributed by atoms with Crippen LogP contribution in [0.3, 0.4) is 0 Å². The van der Waals surface area contributed by atoms with Crippen LogP contribution in [0.1, 0.15) is 26.1 Å². The van der Waals surface area contributed by atoms with E-state index in [-0.39, 0.29) is 18.4 Å². The summed E-state index contributed by atoms with van der Waals surface area (Å²) < 4.78 is 1.09. The van der Waals surface area contributed by atoms with Crippen molar-refractivity contribution in [3.63, 3.8) is 0 Å². The first-order valence-corrected chi connectivity index (χ1v) is 9.87. The third-order valence-electron chi connectivity index (χ3n) is 4.27. The molecule has 0 aliphatic carbocycles. The van der Waals surface area contributed by atoms with E-state index >= 15 is 0 Å². The van der Waals surface area contributed by atoms with Crippen LogP contribution in [-0.4, -0.2) is 31.9 Å². The normalized spacial score (nSPS) is 12.4. The molecule has 144 valence electrons. The van der Waals surface area contributed by atoms with Crippen molar-refractivity contribution >= 4 is 56.1 Å². The molecular formula is C18H21N8OS+. The summed E-state index contributed by atoms with van der Waals surface area (Å²) in [5.41, 5.74) is 10.3. The van der Waals surface area contributed by atoms with E-state index in [4.69, 9.17) is 5.73 Å². The Morgan fingerprint density at radius 1 is 1.39 bits per heavy atom. The molecule has 4 rings (SSSR count). The van der Waals surface area contributed by atoms with Crippen LogP contribution in [-0.2, 0) is 11.2 Å². The van der Waals surface area contributed by atoms with E-state index in [9.17, 15) is 4.79 Å². The highest BCUT2D eigenvalue weighted by Gasteiger charge is 2.20. The number of aromatic nitrogens is 5. The largest absolute Gasteiger partial charge is 0.370 e.